The standard InChI is InChI=1S/C22H22N2O3/c23-14-16-1-3-17(4-2-16)19-7-9-24(15-19)10-8-20(25)18-5-6-21-22(13-18)27-12-11-26-21/h1-6,13,19H,7-12,15H2. The molecular formula is C22H22N2O3. The lowest BCUT2D eigenvalue weighted by molar-refractivity contribution is 0.0967. The summed E-state index contributed by atoms with van der Waals surface area (Å²) in [6, 6.07) is 15.4. The highest BCUT2D eigenvalue weighted by Crippen LogP contribution is 2.31. The van der Waals surface area contributed by atoms with Crippen LogP contribution in [0.2, 0.25) is 0 Å². The molecule has 2 heterocycles. The van der Waals surface area contributed by atoms with Crippen LogP contribution in [-0.4, -0.2) is 43.5 Å². The van der Waals surface area contributed by atoms with E-state index < -0.39 is 0 Å². The largest absolute Gasteiger partial charge is 0.486 e. The number of nitriles is 1. The molecule has 1 unspecified atom stereocenters. The maximum Gasteiger partial charge on any atom is 0.164 e. The van der Waals surface area contributed by atoms with Gasteiger partial charge in [-0.3, -0.25) is 4.79 Å². The zero-order valence-corrected chi connectivity index (χ0v) is 15.2. The van der Waals surface area contributed by atoms with Crippen LogP contribution in [0.1, 0.15) is 40.2 Å². The van der Waals surface area contributed by atoms with Gasteiger partial charge in [0.05, 0.1) is 11.6 Å². The molecule has 0 bridgehead atoms. The van der Waals surface area contributed by atoms with Crippen molar-refractivity contribution in [1.29, 1.82) is 5.26 Å². The predicted octanol–water partition coefficient (Wildman–Crippen LogP) is 3.39. The van der Waals surface area contributed by atoms with E-state index >= 15 is 0 Å². The first-order chi connectivity index (χ1) is 13.2. The number of carbonyl (C=O) groups is 1. The van der Waals surface area contributed by atoms with Gasteiger partial charge in [0, 0.05) is 25.1 Å². The molecule has 1 fully saturated rings. The highest BCUT2D eigenvalue weighted by Gasteiger charge is 2.24. The molecule has 0 amide bonds. The van der Waals surface area contributed by atoms with Gasteiger partial charge in [0.1, 0.15) is 13.2 Å². The Morgan fingerprint density at radius 1 is 1.11 bits per heavy atom. The summed E-state index contributed by atoms with van der Waals surface area (Å²) in [4.78, 5) is 14.9. The Labute approximate surface area is 159 Å². The van der Waals surface area contributed by atoms with E-state index in [2.05, 4.69) is 11.0 Å². The van der Waals surface area contributed by atoms with Crippen molar-refractivity contribution >= 4 is 5.78 Å². The third-order valence-electron chi connectivity index (χ3n) is 5.30. The van der Waals surface area contributed by atoms with Crippen LogP contribution in [-0.2, 0) is 0 Å². The average molecular weight is 362 g/mol. The van der Waals surface area contributed by atoms with Crippen LogP contribution >= 0.6 is 0 Å². The van der Waals surface area contributed by atoms with Crippen molar-refractivity contribution in [2.24, 2.45) is 0 Å². The number of nitrogens with zero attached hydrogens (tertiary/aromatic N) is 2. The Balaban J connectivity index is 1.31. The lowest BCUT2D eigenvalue weighted by atomic mass is 9.97. The Bertz CT molecular complexity index is 870. The lowest BCUT2D eigenvalue weighted by Crippen LogP contribution is -2.23. The second kappa shape index (κ2) is 7.81. The third-order valence-corrected chi connectivity index (χ3v) is 5.30. The molecule has 4 rings (SSSR count). The molecule has 0 radical (unpaired) electrons. The van der Waals surface area contributed by atoms with Crippen molar-refractivity contribution in [3.8, 4) is 17.6 Å². The van der Waals surface area contributed by atoms with Gasteiger partial charge < -0.3 is 14.4 Å². The van der Waals surface area contributed by atoms with Gasteiger partial charge in [0.2, 0.25) is 0 Å². The Morgan fingerprint density at radius 3 is 2.67 bits per heavy atom. The Hall–Kier alpha value is -2.84. The highest BCUT2D eigenvalue weighted by atomic mass is 16.6. The fraction of sp³-hybridized carbons (Fsp3) is 0.364. The monoisotopic (exact) mass is 362 g/mol. The average Bonchev–Trinajstić information content (AvgIpc) is 3.21. The third kappa shape index (κ3) is 3.96. The van der Waals surface area contributed by atoms with Gasteiger partial charge >= 0.3 is 0 Å². The number of likely N-dealkylation sites (tertiary alicyclic amines) is 1. The van der Waals surface area contributed by atoms with Gasteiger partial charge in [-0.05, 0) is 54.8 Å². The van der Waals surface area contributed by atoms with Crippen LogP contribution in [0, 0.1) is 11.3 Å². The summed E-state index contributed by atoms with van der Waals surface area (Å²) < 4.78 is 11.1. The number of ether oxygens (including phenoxy) is 2. The smallest absolute Gasteiger partial charge is 0.164 e. The zero-order chi connectivity index (χ0) is 18.6. The number of hydrogen-bond acceptors (Lipinski definition) is 5. The van der Waals surface area contributed by atoms with Gasteiger partial charge in [-0.1, -0.05) is 12.1 Å². The first kappa shape index (κ1) is 17.6. The number of benzene rings is 2. The molecule has 0 saturated carbocycles. The minimum absolute atomic E-state index is 0.133. The van der Waals surface area contributed by atoms with Crippen molar-refractivity contribution in [2.45, 2.75) is 18.8 Å². The van der Waals surface area contributed by atoms with E-state index in [9.17, 15) is 4.79 Å². The van der Waals surface area contributed by atoms with Gasteiger partial charge in [0.25, 0.3) is 0 Å². The van der Waals surface area contributed by atoms with Crippen LogP contribution in [0.25, 0.3) is 0 Å². The van der Waals surface area contributed by atoms with E-state index in [-0.39, 0.29) is 5.78 Å². The topological polar surface area (TPSA) is 62.6 Å². The van der Waals surface area contributed by atoms with Crippen molar-refractivity contribution < 1.29 is 14.3 Å². The molecule has 0 aromatic heterocycles. The van der Waals surface area contributed by atoms with E-state index in [0.29, 0.717) is 48.2 Å². The molecule has 5 nitrogen and oxygen atoms in total. The van der Waals surface area contributed by atoms with Crippen LogP contribution in [0.5, 0.6) is 11.5 Å². The number of fused-ring (bicyclic) bond motifs is 1. The SMILES string of the molecule is N#Cc1ccc(C2CCN(CCC(=O)c3ccc4c(c3)OCCO4)C2)cc1. The van der Waals surface area contributed by atoms with Crippen LogP contribution in [0.4, 0.5) is 0 Å². The van der Waals surface area contributed by atoms with Gasteiger partial charge in [-0.2, -0.15) is 5.26 Å². The molecule has 2 aromatic rings. The van der Waals surface area contributed by atoms with E-state index in [4.69, 9.17) is 14.7 Å². The van der Waals surface area contributed by atoms with Crippen molar-refractivity contribution in [1.82, 2.24) is 4.90 Å². The summed E-state index contributed by atoms with van der Waals surface area (Å²) in [5.41, 5.74) is 2.65. The van der Waals surface area contributed by atoms with Crippen molar-refractivity contribution in [3.63, 3.8) is 0 Å². The maximum atomic E-state index is 12.6. The second-order valence-electron chi connectivity index (χ2n) is 7.05. The summed E-state index contributed by atoms with van der Waals surface area (Å²) in [6.45, 7) is 3.80. The second-order valence-corrected chi connectivity index (χ2v) is 7.05. The quantitative estimate of drug-likeness (QED) is 0.763. The predicted molar refractivity (Wildman–Crippen MR) is 101 cm³/mol. The molecule has 27 heavy (non-hydrogen) atoms. The number of hydrogen-bond donors (Lipinski definition) is 0. The van der Waals surface area contributed by atoms with Crippen molar-refractivity contribution in [2.75, 3.05) is 32.8 Å². The lowest BCUT2D eigenvalue weighted by Gasteiger charge is -2.19. The molecule has 2 aliphatic heterocycles. The fourth-order valence-electron chi connectivity index (χ4n) is 3.76. The zero-order valence-electron chi connectivity index (χ0n) is 15.2. The molecule has 0 N–H and O–H groups in total. The van der Waals surface area contributed by atoms with E-state index in [1.807, 2.05) is 36.4 Å². The van der Waals surface area contributed by atoms with Gasteiger partial charge in [-0.25, -0.2) is 0 Å². The Kier molecular flexibility index (Phi) is 5.08. The summed E-state index contributed by atoms with van der Waals surface area (Å²) in [7, 11) is 0. The van der Waals surface area contributed by atoms with Crippen LogP contribution < -0.4 is 9.47 Å². The van der Waals surface area contributed by atoms with Gasteiger partial charge in [-0.15, -0.1) is 0 Å². The molecule has 5 heteroatoms. The van der Waals surface area contributed by atoms with Crippen LogP contribution in [0.3, 0.4) is 0 Å². The highest BCUT2D eigenvalue weighted by molar-refractivity contribution is 5.96. The number of rotatable bonds is 5. The summed E-state index contributed by atoms with van der Waals surface area (Å²) in [5, 5.41) is 8.91. The summed E-state index contributed by atoms with van der Waals surface area (Å²) in [5.74, 6) is 1.98. The number of ketones is 1. The molecule has 1 atom stereocenters. The molecule has 2 aromatic carbocycles. The molecule has 138 valence electrons. The van der Waals surface area contributed by atoms with Gasteiger partial charge in [0.15, 0.2) is 17.3 Å². The minimum atomic E-state index is 0.133. The molecular weight excluding hydrogens is 340 g/mol. The van der Waals surface area contributed by atoms with E-state index in [1.165, 1.54) is 5.56 Å². The first-order valence-electron chi connectivity index (χ1n) is 9.38. The molecule has 0 aliphatic carbocycles. The summed E-state index contributed by atoms with van der Waals surface area (Å²) in [6.07, 6.45) is 1.59. The van der Waals surface area contributed by atoms with Crippen molar-refractivity contribution in [3.05, 3.63) is 59.2 Å². The molecule has 1 saturated heterocycles. The minimum Gasteiger partial charge on any atom is -0.486 e. The first-order valence-corrected chi connectivity index (χ1v) is 9.38. The van der Waals surface area contributed by atoms with Crippen LogP contribution in [0.15, 0.2) is 42.5 Å². The number of Topliss-reactive ketones (excluding diaryl/α,β-unsaturated/α-hetero) is 1. The summed E-state index contributed by atoms with van der Waals surface area (Å²) >= 11 is 0. The normalized spacial score (nSPS) is 18.9. The molecule has 0 spiro atoms. The Morgan fingerprint density at radius 2 is 1.89 bits per heavy atom. The van der Waals surface area contributed by atoms with E-state index in [0.717, 1.165) is 26.1 Å². The fourth-order valence-corrected chi connectivity index (χ4v) is 3.76. The van der Waals surface area contributed by atoms with E-state index in [1.54, 1.807) is 6.07 Å². The maximum absolute atomic E-state index is 12.6. The molecule has 2 aliphatic rings. The number of carbonyl (C=O) groups excluding carboxylic acids is 1.